The van der Waals surface area contributed by atoms with Gasteiger partial charge in [-0.15, -0.1) is 0 Å². The van der Waals surface area contributed by atoms with Gasteiger partial charge in [0.05, 0.1) is 16.1 Å². The van der Waals surface area contributed by atoms with Gasteiger partial charge >= 0.3 is 5.82 Å². The summed E-state index contributed by atoms with van der Waals surface area (Å²) in [7, 11) is 0. The number of aryl methyl sites for hydroxylation is 1. The third-order valence-corrected chi connectivity index (χ3v) is 3.20. The SMILES string of the molecule is Cc1cc([N+](=O)[O-])ncc1C(=O)NC(=O)c1ccccc1Cl. The molecule has 0 bridgehead atoms. The standard InChI is InChI=1S/C14H10ClN3O4/c1-8-6-12(18(21)22)16-7-10(8)14(20)17-13(19)9-4-2-3-5-11(9)15/h2-7H,1H3,(H,17,19,20). The first-order valence-electron chi connectivity index (χ1n) is 6.11. The minimum Gasteiger partial charge on any atom is -0.358 e. The van der Waals surface area contributed by atoms with E-state index in [1.807, 2.05) is 0 Å². The normalized spacial score (nSPS) is 10.1. The van der Waals surface area contributed by atoms with Gasteiger partial charge in [-0.3, -0.25) is 14.9 Å². The van der Waals surface area contributed by atoms with Crippen molar-refractivity contribution in [3.05, 3.63) is 68.4 Å². The van der Waals surface area contributed by atoms with Crippen LogP contribution < -0.4 is 5.32 Å². The van der Waals surface area contributed by atoms with E-state index in [4.69, 9.17) is 11.6 Å². The second-order valence-corrected chi connectivity index (χ2v) is 4.78. The molecule has 112 valence electrons. The van der Waals surface area contributed by atoms with Gasteiger partial charge in [0, 0.05) is 6.07 Å². The Labute approximate surface area is 130 Å². The van der Waals surface area contributed by atoms with Crippen LogP contribution in [0.1, 0.15) is 26.3 Å². The fraction of sp³-hybridized carbons (Fsp3) is 0.0714. The summed E-state index contributed by atoms with van der Waals surface area (Å²) in [5, 5.41) is 13.0. The van der Waals surface area contributed by atoms with Crippen LogP contribution >= 0.6 is 11.6 Å². The number of hydrogen-bond donors (Lipinski definition) is 1. The first-order valence-corrected chi connectivity index (χ1v) is 6.49. The maximum absolute atomic E-state index is 12.1. The Bertz CT molecular complexity index is 776. The summed E-state index contributed by atoms with van der Waals surface area (Å²) >= 11 is 5.88. The third kappa shape index (κ3) is 3.26. The zero-order chi connectivity index (χ0) is 16.3. The highest BCUT2D eigenvalue weighted by Gasteiger charge is 2.19. The van der Waals surface area contributed by atoms with Gasteiger partial charge in [0.15, 0.2) is 6.20 Å². The molecule has 0 aliphatic rings. The van der Waals surface area contributed by atoms with Crippen LogP contribution in [0.4, 0.5) is 5.82 Å². The van der Waals surface area contributed by atoms with Crippen LogP contribution in [0, 0.1) is 17.0 Å². The number of nitrogens with one attached hydrogen (secondary N) is 1. The van der Waals surface area contributed by atoms with E-state index < -0.39 is 16.7 Å². The largest absolute Gasteiger partial charge is 0.363 e. The van der Waals surface area contributed by atoms with E-state index in [-0.39, 0.29) is 22.0 Å². The molecular weight excluding hydrogens is 310 g/mol. The number of carbonyl (C=O) groups is 2. The van der Waals surface area contributed by atoms with E-state index >= 15 is 0 Å². The van der Waals surface area contributed by atoms with Crippen LogP contribution in [0.25, 0.3) is 0 Å². The van der Waals surface area contributed by atoms with Gasteiger partial charge < -0.3 is 10.1 Å². The van der Waals surface area contributed by atoms with Crippen molar-refractivity contribution in [3.8, 4) is 0 Å². The van der Waals surface area contributed by atoms with Gasteiger partial charge in [-0.25, -0.2) is 0 Å². The molecule has 2 amide bonds. The number of pyridine rings is 1. The molecule has 0 unspecified atom stereocenters. The molecule has 1 aromatic carbocycles. The number of amides is 2. The lowest BCUT2D eigenvalue weighted by Gasteiger charge is -2.06. The number of carbonyl (C=O) groups excluding carboxylic acids is 2. The average molecular weight is 320 g/mol. The molecule has 2 rings (SSSR count). The molecule has 7 nitrogen and oxygen atoms in total. The molecule has 0 spiro atoms. The molecular formula is C14H10ClN3O4. The Morgan fingerprint density at radius 1 is 1.23 bits per heavy atom. The fourth-order valence-electron chi connectivity index (χ4n) is 1.76. The smallest absolute Gasteiger partial charge is 0.358 e. The van der Waals surface area contributed by atoms with Crippen molar-refractivity contribution in [2.24, 2.45) is 0 Å². The van der Waals surface area contributed by atoms with E-state index in [0.29, 0.717) is 5.56 Å². The Balaban J connectivity index is 2.21. The Kier molecular flexibility index (Phi) is 4.47. The molecule has 1 aromatic heterocycles. The first-order chi connectivity index (χ1) is 10.4. The Hall–Kier alpha value is -2.80. The number of imide groups is 1. The van der Waals surface area contributed by atoms with Gasteiger partial charge in [-0.05, 0) is 34.5 Å². The fourth-order valence-corrected chi connectivity index (χ4v) is 1.98. The molecule has 0 atom stereocenters. The summed E-state index contributed by atoms with van der Waals surface area (Å²) in [4.78, 5) is 37.6. The van der Waals surface area contributed by atoms with Crippen molar-refractivity contribution in [2.45, 2.75) is 6.92 Å². The van der Waals surface area contributed by atoms with Gasteiger partial charge in [0.2, 0.25) is 0 Å². The number of hydrogen-bond acceptors (Lipinski definition) is 5. The molecule has 1 heterocycles. The summed E-state index contributed by atoms with van der Waals surface area (Å²) in [5.74, 6) is -1.73. The highest BCUT2D eigenvalue weighted by Crippen LogP contribution is 2.16. The quantitative estimate of drug-likeness (QED) is 0.532. The minimum atomic E-state index is -0.704. The minimum absolute atomic E-state index is 0.0750. The molecule has 0 fully saturated rings. The van der Waals surface area contributed by atoms with Gasteiger partial charge in [-0.1, -0.05) is 23.7 Å². The molecule has 8 heteroatoms. The third-order valence-electron chi connectivity index (χ3n) is 2.87. The molecule has 0 saturated carbocycles. The maximum atomic E-state index is 12.1. The van der Waals surface area contributed by atoms with Crippen LogP contribution in [0.3, 0.4) is 0 Å². The van der Waals surface area contributed by atoms with Gasteiger partial charge in [0.25, 0.3) is 11.8 Å². The van der Waals surface area contributed by atoms with Crippen LogP contribution in [-0.2, 0) is 0 Å². The van der Waals surface area contributed by atoms with Crippen molar-refractivity contribution < 1.29 is 14.5 Å². The zero-order valence-electron chi connectivity index (χ0n) is 11.4. The predicted molar refractivity (Wildman–Crippen MR) is 78.9 cm³/mol. The van der Waals surface area contributed by atoms with Crippen LogP contribution in [0.5, 0.6) is 0 Å². The monoisotopic (exact) mass is 319 g/mol. The van der Waals surface area contributed by atoms with Gasteiger partial charge in [0.1, 0.15) is 0 Å². The van der Waals surface area contributed by atoms with E-state index in [1.54, 1.807) is 12.1 Å². The van der Waals surface area contributed by atoms with E-state index in [1.165, 1.54) is 19.1 Å². The molecule has 0 radical (unpaired) electrons. The Morgan fingerprint density at radius 2 is 1.86 bits per heavy atom. The lowest BCUT2D eigenvalue weighted by molar-refractivity contribution is -0.389. The summed E-state index contributed by atoms with van der Waals surface area (Å²) in [6, 6.07) is 7.44. The summed E-state index contributed by atoms with van der Waals surface area (Å²) in [5.41, 5.74) is 0.571. The number of benzene rings is 1. The lowest BCUT2D eigenvalue weighted by Crippen LogP contribution is -2.31. The van der Waals surface area contributed by atoms with Crippen molar-refractivity contribution in [3.63, 3.8) is 0 Å². The maximum Gasteiger partial charge on any atom is 0.363 e. The van der Waals surface area contributed by atoms with E-state index in [2.05, 4.69) is 10.3 Å². The number of rotatable bonds is 3. The second kappa shape index (κ2) is 6.31. The molecule has 2 aromatic rings. The van der Waals surface area contributed by atoms with Crippen LogP contribution in [-0.4, -0.2) is 21.7 Å². The Morgan fingerprint density at radius 3 is 2.45 bits per heavy atom. The van der Waals surface area contributed by atoms with Crippen molar-refractivity contribution in [2.75, 3.05) is 0 Å². The second-order valence-electron chi connectivity index (χ2n) is 4.38. The number of aromatic nitrogens is 1. The number of nitrogens with zero attached hydrogens (tertiary/aromatic N) is 2. The summed E-state index contributed by atoms with van der Waals surface area (Å²) in [6.45, 7) is 1.52. The molecule has 0 aliphatic carbocycles. The lowest BCUT2D eigenvalue weighted by atomic mass is 10.1. The molecule has 1 N–H and O–H groups in total. The van der Waals surface area contributed by atoms with Crippen LogP contribution in [0.2, 0.25) is 5.02 Å². The predicted octanol–water partition coefficient (Wildman–Crippen LogP) is 2.52. The highest BCUT2D eigenvalue weighted by molar-refractivity contribution is 6.34. The van der Waals surface area contributed by atoms with Crippen LogP contribution in [0.15, 0.2) is 36.5 Å². The highest BCUT2D eigenvalue weighted by atomic mass is 35.5. The van der Waals surface area contributed by atoms with Gasteiger partial charge in [-0.2, -0.15) is 0 Å². The first kappa shape index (κ1) is 15.6. The molecule has 0 aliphatic heterocycles. The zero-order valence-corrected chi connectivity index (χ0v) is 12.1. The molecule has 22 heavy (non-hydrogen) atoms. The molecule has 0 saturated heterocycles. The van der Waals surface area contributed by atoms with Crippen molar-refractivity contribution in [1.82, 2.24) is 10.3 Å². The number of nitro groups is 1. The number of halogens is 1. The summed E-state index contributed by atoms with van der Waals surface area (Å²) in [6.07, 6.45) is 1.06. The van der Waals surface area contributed by atoms with Crippen molar-refractivity contribution in [1.29, 1.82) is 0 Å². The van der Waals surface area contributed by atoms with E-state index in [9.17, 15) is 19.7 Å². The topological polar surface area (TPSA) is 102 Å². The van der Waals surface area contributed by atoms with E-state index in [0.717, 1.165) is 12.3 Å². The van der Waals surface area contributed by atoms with Crippen molar-refractivity contribution >= 4 is 29.2 Å². The summed E-state index contributed by atoms with van der Waals surface area (Å²) < 4.78 is 0. The average Bonchev–Trinajstić information content (AvgIpc) is 2.47.